The van der Waals surface area contributed by atoms with Gasteiger partial charge in [-0.1, -0.05) is 84.9 Å². The second-order valence-electron chi connectivity index (χ2n) is 8.35. The van der Waals surface area contributed by atoms with Crippen LogP contribution in [0.3, 0.4) is 0 Å². The van der Waals surface area contributed by atoms with Gasteiger partial charge in [-0.05, 0) is 28.7 Å². The number of carboxylic acids is 1. The molecule has 0 bridgehead atoms. The number of benzene rings is 3. The lowest BCUT2D eigenvalue weighted by molar-refractivity contribution is -0.143. The molecule has 0 aliphatic heterocycles. The van der Waals surface area contributed by atoms with E-state index >= 15 is 0 Å². The van der Waals surface area contributed by atoms with Crippen LogP contribution in [-0.2, 0) is 16.0 Å². The standard InChI is InChI=1S/C28H27N3O4/c32-19-25(15-20-7-3-1-4-8-20)30-27(33)16-26(28(34)35)31-18-24(17-29-31)23-13-11-22(12-14-23)21-9-5-2-6-10-21/h1-14,17-18,25-26,32H,15-16,19H2,(H,30,33)(H,34,35). The number of carboxylic acid groups (broad SMARTS) is 1. The molecule has 0 spiro atoms. The quantitative estimate of drug-likeness (QED) is 0.326. The normalized spacial score (nSPS) is 12.6. The van der Waals surface area contributed by atoms with E-state index in [0.717, 1.165) is 27.8 Å². The molecular formula is C28H27N3O4. The molecule has 178 valence electrons. The number of hydrogen-bond acceptors (Lipinski definition) is 4. The number of carbonyl (C=O) groups is 2. The van der Waals surface area contributed by atoms with E-state index in [0.29, 0.717) is 6.42 Å². The molecular weight excluding hydrogens is 442 g/mol. The van der Waals surface area contributed by atoms with E-state index in [2.05, 4.69) is 10.4 Å². The number of hydrogen-bond donors (Lipinski definition) is 3. The summed E-state index contributed by atoms with van der Waals surface area (Å²) < 4.78 is 1.30. The van der Waals surface area contributed by atoms with E-state index in [1.165, 1.54) is 4.68 Å². The summed E-state index contributed by atoms with van der Waals surface area (Å²) in [6.45, 7) is -0.247. The fraction of sp³-hybridized carbons (Fsp3) is 0.179. The maximum absolute atomic E-state index is 12.6. The lowest BCUT2D eigenvalue weighted by atomic mass is 10.0. The van der Waals surface area contributed by atoms with Gasteiger partial charge in [0.1, 0.15) is 0 Å². The van der Waals surface area contributed by atoms with Crippen molar-refractivity contribution in [2.75, 3.05) is 6.61 Å². The molecule has 7 nitrogen and oxygen atoms in total. The van der Waals surface area contributed by atoms with Gasteiger partial charge in [0.2, 0.25) is 5.91 Å². The third-order valence-electron chi connectivity index (χ3n) is 5.82. The Morgan fingerprint density at radius 3 is 2.00 bits per heavy atom. The van der Waals surface area contributed by atoms with Gasteiger partial charge in [0.25, 0.3) is 0 Å². The van der Waals surface area contributed by atoms with E-state index < -0.39 is 24.0 Å². The number of aliphatic carboxylic acids is 1. The van der Waals surface area contributed by atoms with Crippen molar-refractivity contribution in [3.05, 3.63) is 103 Å². The first-order chi connectivity index (χ1) is 17.0. The van der Waals surface area contributed by atoms with Gasteiger partial charge in [-0.15, -0.1) is 0 Å². The van der Waals surface area contributed by atoms with Crippen LogP contribution in [0.5, 0.6) is 0 Å². The van der Waals surface area contributed by atoms with Crippen molar-refractivity contribution in [1.29, 1.82) is 0 Å². The molecule has 0 saturated carbocycles. The highest BCUT2D eigenvalue weighted by Crippen LogP contribution is 2.25. The molecule has 0 fully saturated rings. The maximum Gasteiger partial charge on any atom is 0.329 e. The lowest BCUT2D eigenvalue weighted by Crippen LogP contribution is -2.40. The highest BCUT2D eigenvalue weighted by atomic mass is 16.4. The van der Waals surface area contributed by atoms with Gasteiger partial charge >= 0.3 is 5.97 Å². The van der Waals surface area contributed by atoms with Crippen LogP contribution < -0.4 is 5.32 Å². The van der Waals surface area contributed by atoms with Crippen molar-refractivity contribution in [2.24, 2.45) is 0 Å². The zero-order chi connectivity index (χ0) is 24.6. The number of aliphatic hydroxyl groups excluding tert-OH is 1. The van der Waals surface area contributed by atoms with Gasteiger partial charge in [0.05, 0.1) is 25.3 Å². The van der Waals surface area contributed by atoms with Crippen molar-refractivity contribution in [3.63, 3.8) is 0 Å². The summed E-state index contributed by atoms with van der Waals surface area (Å²) in [6, 6.07) is 25.8. The summed E-state index contributed by atoms with van der Waals surface area (Å²) in [5.74, 6) is -1.62. The van der Waals surface area contributed by atoms with Gasteiger partial charge in [-0.25, -0.2) is 4.79 Å². The molecule has 0 aliphatic carbocycles. The third-order valence-corrected chi connectivity index (χ3v) is 5.82. The second kappa shape index (κ2) is 11.3. The number of aromatic nitrogens is 2. The van der Waals surface area contributed by atoms with Gasteiger partial charge in [0, 0.05) is 11.8 Å². The Bertz CT molecular complexity index is 1250. The molecule has 0 radical (unpaired) electrons. The molecule has 4 aromatic rings. The monoisotopic (exact) mass is 469 g/mol. The van der Waals surface area contributed by atoms with E-state index in [9.17, 15) is 19.8 Å². The first-order valence-electron chi connectivity index (χ1n) is 11.4. The van der Waals surface area contributed by atoms with Crippen LogP contribution in [0.15, 0.2) is 97.3 Å². The van der Waals surface area contributed by atoms with Gasteiger partial charge in [-0.2, -0.15) is 5.10 Å². The smallest absolute Gasteiger partial charge is 0.329 e. The summed E-state index contributed by atoms with van der Waals surface area (Å²) in [4.78, 5) is 24.6. The highest BCUT2D eigenvalue weighted by Gasteiger charge is 2.25. The Balaban J connectivity index is 1.43. The van der Waals surface area contributed by atoms with Crippen LogP contribution in [0.2, 0.25) is 0 Å². The van der Waals surface area contributed by atoms with E-state index in [1.54, 1.807) is 12.4 Å². The van der Waals surface area contributed by atoms with Crippen molar-refractivity contribution < 1.29 is 19.8 Å². The Morgan fingerprint density at radius 2 is 1.40 bits per heavy atom. The minimum absolute atomic E-state index is 0.247. The molecule has 2 unspecified atom stereocenters. The number of amides is 1. The molecule has 0 aliphatic rings. The van der Waals surface area contributed by atoms with Crippen molar-refractivity contribution in [1.82, 2.24) is 15.1 Å². The Labute approximate surface area is 203 Å². The Kier molecular flexibility index (Phi) is 7.70. The van der Waals surface area contributed by atoms with Crippen molar-refractivity contribution >= 4 is 11.9 Å². The first kappa shape index (κ1) is 23.9. The zero-order valence-corrected chi connectivity index (χ0v) is 19.1. The van der Waals surface area contributed by atoms with E-state index in [1.807, 2.05) is 84.9 Å². The van der Waals surface area contributed by atoms with Crippen molar-refractivity contribution in [2.45, 2.75) is 24.9 Å². The van der Waals surface area contributed by atoms with Crippen LogP contribution in [-0.4, -0.2) is 44.5 Å². The molecule has 1 aromatic heterocycles. The van der Waals surface area contributed by atoms with Crippen molar-refractivity contribution in [3.8, 4) is 22.3 Å². The maximum atomic E-state index is 12.6. The summed E-state index contributed by atoms with van der Waals surface area (Å²) in [6.07, 6.45) is 3.38. The summed E-state index contributed by atoms with van der Waals surface area (Å²) in [5.41, 5.74) is 4.81. The largest absolute Gasteiger partial charge is 0.480 e. The van der Waals surface area contributed by atoms with Crippen LogP contribution in [0.1, 0.15) is 18.0 Å². The van der Waals surface area contributed by atoms with Gasteiger partial charge < -0.3 is 15.5 Å². The number of aliphatic hydroxyl groups is 1. The molecule has 0 saturated heterocycles. The Hall–Kier alpha value is -4.23. The zero-order valence-electron chi connectivity index (χ0n) is 19.1. The molecule has 1 heterocycles. The minimum Gasteiger partial charge on any atom is -0.480 e. The minimum atomic E-state index is -1.16. The van der Waals surface area contributed by atoms with Gasteiger partial charge in [-0.3, -0.25) is 9.48 Å². The van der Waals surface area contributed by atoms with Crippen LogP contribution in [0.25, 0.3) is 22.3 Å². The summed E-state index contributed by atoms with van der Waals surface area (Å²) in [7, 11) is 0. The van der Waals surface area contributed by atoms with Crippen LogP contribution in [0.4, 0.5) is 0 Å². The van der Waals surface area contributed by atoms with Gasteiger partial charge in [0.15, 0.2) is 6.04 Å². The molecule has 4 rings (SSSR count). The highest BCUT2D eigenvalue weighted by molar-refractivity contribution is 5.83. The predicted octanol–water partition coefficient (Wildman–Crippen LogP) is 3.95. The number of nitrogens with zero attached hydrogens (tertiary/aromatic N) is 2. The molecule has 1 amide bonds. The molecule has 3 N–H and O–H groups in total. The fourth-order valence-corrected chi connectivity index (χ4v) is 3.96. The SMILES string of the molecule is O=C(CC(C(=O)O)n1cc(-c2ccc(-c3ccccc3)cc2)cn1)NC(CO)Cc1ccccc1. The summed E-state index contributed by atoms with van der Waals surface area (Å²) in [5, 5.41) is 26.4. The summed E-state index contributed by atoms with van der Waals surface area (Å²) >= 11 is 0. The van der Waals surface area contributed by atoms with Crippen LogP contribution >= 0.6 is 0 Å². The average Bonchev–Trinajstić information content (AvgIpc) is 3.38. The van der Waals surface area contributed by atoms with E-state index in [-0.39, 0.29) is 13.0 Å². The first-order valence-corrected chi connectivity index (χ1v) is 11.4. The number of carbonyl (C=O) groups excluding carboxylic acids is 1. The van der Waals surface area contributed by atoms with Crippen LogP contribution in [0, 0.1) is 0 Å². The lowest BCUT2D eigenvalue weighted by Gasteiger charge is -2.18. The Morgan fingerprint density at radius 1 is 0.829 bits per heavy atom. The molecule has 3 aromatic carbocycles. The third kappa shape index (κ3) is 6.22. The molecule has 7 heteroatoms. The van der Waals surface area contributed by atoms with E-state index in [4.69, 9.17) is 0 Å². The number of nitrogens with one attached hydrogen (secondary N) is 1. The average molecular weight is 470 g/mol. The predicted molar refractivity (Wildman–Crippen MR) is 134 cm³/mol. The fourth-order valence-electron chi connectivity index (χ4n) is 3.96. The number of rotatable bonds is 10. The second-order valence-corrected chi connectivity index (χ2v) is 8.35. The molecule has 2 atom stereocenters. The topological polar surface area (TPSA) is 104 Å². The molecule has 35 heavy (non-hydrogen) atoms.